The van der Waals surface area contributed by atoms with Crippen LogP contribution in [0.2, 0.25) is 0 Å². The van der Waals surface area contributed by atoms with Gasteiger partial charge in [0.2, 0.25) is 5.95 Å². The maximum Gasteiger partial charge on any atom is 0.224 e. The number of nitrogens with zero attached hydrogens (tertiary/aromatic N) is 3. The zero-order valence-corrected chi connectivity index (χ0v) is 13.7. The maximum absolute atomic E-state index is 5.76. The van der Waals surface area contributed by atoms with Gasteiger partial charge < -0.3 is 9.64 Å². The van der Waals surface area contributed by atoms with E-state index in [1.165, 1.54) is 19.3 Å². The van der Waals surface area contributed by atoms with E-state index >= 15 is 0 Å². The fraction of sp³-hybridized carbons (Fsp3) is 0.444. The first-order valence-corrected chi connectivity index (χ1v) is 7.93. The standard InChI is InChI=1S/C18H25N3O/c1-4-5-6-7-12-22-17-10-8-15(9-11-17)16-13-19-18(20-14-16)21(2)3/h8-11,13-14H,4-7,12H2,1-3H3. The van der Waals surface area contributed by atoms with Crippen molar-refractivity contribution < 1.29 is 4.74 Å². The van der Waals surface area contributed by atoms with Crippen LogP contribution in [-0.2, 0) is 0 Å². The fourth-order valence-electron chi connectivity index (χ4n) is 2.16. The average Bonchev–Trinajstić information content (AvgIpc) is 2.55. The van der Waals surface area contributed by atoms with Gasteiger partial charge in [0.25, 0.3) is 0 Å². The molecule has 2 aromatic rings. The Morgan fingerprint density at radius 2 is 1.59 bits per heavy atom. The molecule has 1 aromatic carbocycles. The number of rotatable bonds is 8. The molecule has 0 aliphatic rings. The highest BCUT2D eigenvalue weighted by atomic mass is 16.5. The van der Waals surface area contributed by atoms with Gasteiger partial charge in [-0.1, -0.05) is 38.3 Å². The monoisotopic (exact) mass is 299 g/mol. The molecular weight excluding hydrogens is 274 g/mol. The molecule has 22 heavy (non-hydrogen) atoms. The smallest absolute Gasteiger partial charge is 0.224 e. The van der Waals surface area contributed by atoms with Crippen LogP contribution in [0.25, 0.3) is 11.1 Å². The molecule has 1 aromatic heterocycles. The van der Waals surface area contributed by atoms with Gasteiger partial charge in [0.15, 0.2) is 0 Å². The Kier molecular flexibility index (Phi) is 6.19. The van der Waals surface area contributed by atoms with Gasteiger partial charge in [0, 0.05) is 32.1 Å². The van der Waals surface area contributed by atoms with Crippen molar-refractivity contribution in [1.29, 1.82) is 0 Å². The predicted molar refractivity (Wildman–Crippen MR) is 91.4 cm³/mol. The molecule has 2 rings (SSSR count). The van der Waals surface area contributed by atoms with Crippen molar-refractivity contribution in [2.24, 2.45) is 0 Å². The number of aromatic nitrogens is 2. The minimum absolute atomic E-state index is 0.718. The Morgan fingerprint density at radius 3 is 2.18 bits per heavy atom. The number of unbranched alkanes of at least 4 members (excludes halogenated alkanes) is 3. The van der Waals surface area contributed by atoms with Gasteiger partial charge in [-0.25, -0.2) is 9.97 Å². The van der Waals surface area contributed by atoms with Crippen LogP contribution in [-0.4, -0.2) is 30.7 Å². The molecular formula is C18H25N3O. The molecule has 0 saturated heterocycles. The van der Waals surface area contributed by atoms with Crippen LogP contribution in [0.4, 0.5) is 5.95 Å². The second-order valence-electron chi connectivity index (χ2n) is 5.60. The van der Waals surface area contributed by atoms with Crippen LogP contribution in [0.15, 0.2) is 36.7 Å². The zero-order chi connectivity index (χ0) is 15.8. The van der Waals surface area contributed by atoms with Crippen molar-refractivity contribution in [2.75, 3.05) is 25.6 Å². The summed E-state index contributed by atoms with van der Waals surface area (Å²) in [7, 11) is 3.86. The minimum atomic E-state index is 0.718. The second-order valence-corrected chi connectivity index (χ2v) is 5.60. The SMILES string of the molecule is CCCCCCOc1ccc(-c2cnc(N(C)C)nc2)cc1. The molecule has 0 fully saturated rings. The number of benzene rings is 1. The van der Waals surface area contributed by atoms with Gasteiger partial charge in [-0.15, -0.1) is 0 Å². The van der Waals surface area contributed by atoms with Crippen molar-refractivity contribution >= 4 is 5.95 Å². The van der Waals surface area contributed by atoms with Crippen molar-refractivity contribution in [1.82, 2.24) is 9.97 Å². The van der Waals surface area contributed by atoms with E-state index in [9.17, 15) is 0 Å². The highest BCUT2D eigenvalue weighted by Gasteiger charge is 2.02. The summed E-state index contributed by atoms with van der Waals surface area (Å²) >= 11 is 0. The summed E-state index contributed by atoms with van der Waals surface area (Å²) in [6.07, 6.45) is 8.60. The third-order valence-electron chi connectivity index (χ3n) is 3.49. The largest absolute Gasteiger partial charge is 0.494 e. The van der Waals surface area contributed by atoms with Gasteiger partial charge in [-0.05, 0) is 24.1 Å². The molecule has 118 valence electrons. The number of hydrogen-bond donors (Lipinski definition) is 0. The average molecular weight is 299 g/mol. The third kappa shape index (κ3) is 4.72. The van der Waals surface area contributed by atoms with E-state index in [2.05, 4.69) is 29.0 Å². The molecule has 0 bridgehead atoms. The molecule has 0 atom stereocenters. The van der Waals surface area contributed by atoms with Gasteiger partial charge in [0.05, 0.1) is 6.61 Å². The fourth-order valence-corrected chi connectivity index (χ4v) is 2.16. The lowest BCUT2D eigenvalue weighted by molar-refractivity contribution is 0.305. The summed E-state index contributed by atoms with van der Waals surface area (Å²) in [6.45, 7) is 3.01. The van der Waals surface area contributed by atoms with E-state index in [1.54, 1.807) is 0 Å². The number of hydrogen-bond acceptors (Lipinski definition) is 4. The Balaban J connectivity index is 1.91. The van der Waals surface area contributed by atoms with Crippen molar-refractivity contribution in [3.05, 3.63) is 36.7 Å². The molecule has 0 N–H and O–H groups in total. The lowest BCUT2D eigenvalue weighted by Gasteiger charge is -2.10. The Morgan fingerprint density at radius 1 is 0.909 bits per heavy atom. The summed E-state index contributed by atoms with van der Waals surface area (Å²) < 4.78 is 5.76. The lowest BCUT2D eigenvalue weighted by Crippen LogP contribution is -2.12. The molecule has 0 aliphatic carbocycles. The van der Waals surface area contributed by atoms with E-state index in [1.807, 2.05) is 43.5 Å². The molecule has 4 nitrogen and oxygen atoms in total. The van der Waals surface area contributed by atoms with Gasteiger partial charge in [0.1, 0.15) is 5.75 Å². The van der Waals surface area contributed by atoms with Crippen LogP contribution >= 0.6 is 0 Å². The van der Waals surface area contributed by atoms with Gasteiger partial charge in [-0.3, -0.25) is 0 Å². The van der Waals surface area contributed by atoms with E-state index in [4.69, 9.17) is 4.74 Å². The lowest BCUT2D eigenvalue weighted by atomic mass is 10.1. The normalized spacial score (nSPS) is 10.5. The number of ether oxygens (including phenoxy) is 1. The third-order valence-corrected chi connectivity index (χ3v) is 3.49. The first-order chi connectivity index (χ1) is 10.7. The second kappa shape index (κ2) is 8.37. The predicted octanol–water partition coefficient (Wildman–Crippen LogP) is 4.17. The van der Waals surface area contributed by atoms with Crippen LogP contribution in [0.3, 0.4) is 0 Å². The molecule has 4 heteroatoms. The summed E-state index contributed by atoms with van der Waals surface area (Å²) in [5.74, 6) is 1.64. The molecule has 0 aliphatic heterocycles. The van der Waals surface area contributed by atoms with E-state index < -0.39 is 0 Å². The van der Waals surface area contributed by atoms with Crippen molar-refractivity contribution in [3.63, 3.8) is 0 Å². The Bertz CT molecular complexity index is 550. The minimum Gasteiger partial charge on any atom is -0.494 e. The summed E-state index contributed by atoms with van der Waals surface area (Å²) in [5.41, 5.74) is 2.11. The molecule has 0 saturated carbocycles. The molecule has 0 spiro atoms. The first kappa shape index (κ1) is 16.3. The van der Waals surface area contributed by atoms with Crippen LogP contribution < -0.4 is 9.64 Å². The Labute approximate surface area is 133 Å². The molecule has 1 heterocycles. The van der Waals surface area contributed by atoms with Crippen molar-refractivity contribution in [3.8, 4) is 16.9 Å². The molecule has 0 amide bonds. The molecule has 0 radical (unpaired) electrons. The summed E-state index contributed by atoms with van der Waals surface area (Å²) in [6, 6.07) is 8.12. The molecule has 0 unspecified atom stereocenters. The number of anilines is 1. The van der Waals surface area contributed by atoms with E-state index in [0.29, 0.717) is 0 Å². The highest BCUT2D eigenvalue weighted by Crippen LogP contribution is 2.22. The Hall–Kier alpha value is -2.10. The van der Waals surface area contributed by atoms with Gasteiger partial charge in [-0.2, -0.15) is 0 Å². The quantitative estimate of drug-likeness (QED) is 0.686. The van der Waals surface area contributed by atoms with Crippen LogP contribution in [0.1, 0.15) is 32.6 Å². The summed E-state index contributed by atoms with van der Waals surface area (Å²) in [4.78, 5) is 10.6. The van der Waals surface area contributed by atoms with Gasteiger partial charge >= 0.3 is 0 Å². The van der Waals surface area contributed by atoms with Crippen LogP contribution in [0.5, 0.6) is 5.75 Å². The van der Waals surface area contributed by atoms with E-state index in [0.717, 1.165) is 35.9 Å². The van der Waals surface area contributed by atoms with Crippen molar-refractivity contribution in [2.45, 2.75) is 32.6 Å². The maximum atomic E-state index is 5.76. The van der Waals surface area contributed by atoms with E-state index in [-0.39, 0.29) is 0 Å². The zero-order valence-electron chi connectivity index (χ0n) is 13.7. The summed E-state index contributed by atoms with van der Waals surface area (Å²) in [5, 5.41) is 0. The van der Waals surface area contributed by atoms with Crippen LogP contribution in [0, 0.1) is 0 Å². The first-order valence-electron chi connectivity index (χ1n) is 7.93. The topological polar surface area (TPSA) is 38.2 Å². The highest BCUT2D eigenvalue weighted by molar-refractivity contribution is 5.62.